The Morgan fingerprint density at radius 2 is 1.60 bits per heavy atom. The van der Waals surface area contributed by atoms with Crippen molar-refractivity contribution in [1.82, 2.24) is 0 Å². The average molecular weight is 464 g/mol. The zero-order valence-electron chi connectivity index (χ0n) is 22.0. The van der Waals surface area contributed by atoms with Crippen LogP contribution in [0.25, 0.3) is 5.57 Å². The lowest BCUT2D eigenvalue weighted by Crippen LogP contribution is -2.41. The SMILES string of the molecule is C/C=C\C1=C(C)c2ccc(B3OC(C)(C)C(C)(C)O3)cc2C1(C1=CCCC=CC1)c1ccccc1. The Morgan fingerprint density at radius 1 is 0.886 bits per heavy atom. The van der Waals surface area contributed by atoms with Crippen LogP contribution in [0.2, 0.25) is 0 Å². The minimum Gasteiger partial charge on any atom is -0.399 e. The Labute approximate surface area is 211 Å². The molecule has 0 spiro atoms. The molecule has 2 aromatic carbocycles. The smallest absolute Gasteiger partial charge is 0.399 e. The van der Waals surface area contributed by atoms with Crippen molar-refractivity contribution < 1.29 is 9.31 Å². The van der Waals surface area contributed by atoms with E-state index >= 15 is 0 Å². The minimum atomic E-state index is -0.382. The van der Waals surface area contributed by atoms with Crippen molar-refractivity contribution >= 4 is 18.2 Å². The topological polar surface area (TPSA) is 18.5 Å². The van der Waals surface area contributed by atoms with E-state index in [0.29, 0.717) is 0 Å². The van der Waals surface area contributed by atoms with Gasteiger partial charge in [-0.1, -0.05) is 84.5 Å². The molecule has 0 amide bonds. The van der Waals surface area contributed by atoms with Crippen molar-refractivity contribution in [2.75, 3.05) is 0 Å². The van der Waals surface area contributed by atoms with Crippen LogP contribution in [0.3, 0.4) is 0 Å². The first-order valence-electron chi connectivity index (χ1n) is 13.0. The summed E-state index contributed by atoms with van der Waals surface area (Å²) in [6.07, 6.45) is 14.8. The van der Waals surface area contributed by atoms with Crippen LogP contribution in [0.15, 0.2) is 90.1 Å². The summed E-state index contributed by atoms with van der Waals surface area (Å²) >= 11 is 0. The summed E-state index contributed by atoms with van der Waals surface area (Å²) in [5.74, 6) is 0. The summed E-state index contributed by atoms with van der Waals surface area (Å²) < 4.78 is 12.9. The number of rotatable bonds is 4. The third-order valence-corrected chi connectivity index (χ3v) is 8.44. The van der Waals surface area contributed by atoms with Crippen molar-refractivity contribution in [3.63, 3.8) is 0 Å². The van der Waals surface area contributed by atoms with Crippen LogP contribution in [0.4, 0.5) is 0 Å². The second kappa shape index (κ2) is 8.80. The zero-order chi connectivity index (χ0) is 24.8. The van der Waals surface area contributed by atoms with Gasteiger partial charge in [0.05, 0.1) is 16.6 Å². The molecule has 0 bridgehead atoms. The number of benzene rings is 2. The lowest BCUT2D eigenvalue weighted by Gasteiger charge is -2.37. The first-order chi connectivity index (χ1) is 16.7. The van der Waals surface area contributed by atoms with Crippen LogP contribution >= 0.6 is 0 Å². The molecule has 0 aromatic heterocycles. The highest BCUT2D eigenvalue weighted by Crippen LogP contribution is 2.56. The predicted octanol–water partition coefficient (Wildman–Crippen LogP) is 7.30. The molecule has 1 atom stereocenters. The molecular formula is C32H37BO2. The summed E-state index contributed by atoms with van der Waals surface area (Å²) in [5.41, 5.74) is 8.15. The summed E-state index contributed by atoms with van der Waals surface area (Å²) in [6.45, 7) is 12.9. The molecule has 1 unspecified atom stereocenters. The van der Waals surface area contributed by atoms with E-state index in [-0.39, 0.29) is 23.7 Å². The molecule has 0 radical (unpaired) electrons. The van der Waals surface area contributed by atoms with E-state index < -0.39 is 0 Å². The summed E-state index contributed by atoms with van der Waals surface area (Å²) in [6, 6.07) is 17.9. The quantitative estimate of drug-likeness (QED) is 0.349. The molecule has 35 heavy (non-hydrogen) atoms. The van der Waals surface area contributed by atoms with Crippen LogP contribution in [-0.2, 0) is 14.7 Å². The van der Waals surface area contributed by atoms with Gasteiger partial charge in [-0.25, -0.2) is 0 Å². The summed E-state index contributed by atoms with van der Waals surface area (Å²) in [4.78, 5) is 0. The fourth-order valence-electron chi connectivity index (χ4n) is 5.91. The first-order valence-corrected chi connectivity index (χ1v) is 13.0. The highest BCUT2D eigenvalue weighted by Gasteiger charge is 2.53. The third-order valence-electron chi connectivity index (χ3n) is 8.44. The van der Waals surface area contributed by atoms with Gasteiger partial charge < -0.3 is 9.31 Å². The summed E-state index contributed by atoms with van der Waals surface area (Å²) in [5, 5.41) is 0. The van der Waals surface area contributed by atoms with Crippen molar-refractivity contribution in [2.45, 2.75) is 77.4 Å². The molecule has 1 heterocycles. The monoisotopic (exact) mass is 464 g/mol. The molecule has 1 fully saturated rings. The van der Waals surface area contributed by atoms with Crippen LogP contribution in [0.1, 0.15) is 77.5 Å². The van der Waals surface area contributed by atoms with Crippen molar-refractivity contribution in [3.8, 4) is 0 Å². The standard InChI is InChI=1S/C32H37BO2/c1-7-15-28-23(2)27-21-20-26(33-34-30(3,4)31(5,6)35-33)22-29(27)32(28,25-18-13-10-14-19-25)24-16-11-8-9-12-17-24/h7-8,10-11,13-15,17-22H,9,12,16H2,1-6H3/b15-7-. The minimum absolute atomic E-state index is 0.332. The van der Waals surface area contributed by atoms with Crippen molar-refractivity contribution in [2.24, 2.45) is 0 Å². The van der Waals surface area contributed by atoms with Gasteiger partial charge in [0.25, 0.3) is 0 Å². The predicted molar refractivity (Wildman–Crippen MR) is 148 cm³/mol. The Bertz CT molecular complexity index is 1230. The van der Waals surface area contributed by atoms with Gasteiger partial charge in [0.15, 0.2) is 0 Å². The van der Waals surface area contributed by atoms with E-state index in [1.54, 1.807) is 0 Å². The van der Waals surface area contributed by atoms with Gasteiger partial charge in [0.1, 0.15) is 0 Å². The van der Waals surface area contributed by atoms with E-state index in [1.165, 1.54) is 33.4 Å². The number of hydrogen-bond acceptors (Lipinski definition) is 2. The molecule has 180 valence electrons. The van der Waals surface area contributed by atoms with Crippen molar-refractivity contribution in [3.05, 3.63) is 107 Å². The van der Waals surface area contributed by atoms with Crippen molar-refractivity contribution in [1.29, 1.82) is 0 Å². The highest BCUT2D eigenvalue weighted by molar-refractivity contribution is 6.62. The van der Waals surface area contributed by atoms with Gasteiger partial charge in [0, 0.05) is 0 Å². The number of hydrogen-bond donors (Lipinski definition) is 0. The van der Waals surface area contributed by atoms with Crippen LogP contribution in [0.5, 0.6) is 0 Å². The molecular weight excluding hydrogens is 427 g/mol. The Morgan fingerprint density at radius 3 is 2.29 bits per heavy atom. The van der Waals surface area contributed by atoms with Gasteiger partial charge in [-0.2, -0.15) is 0 Å². The second-order valence-corrected chi connectivity index (χ2v) is 11.0. The molecule has 3 aliphatic rings. The Kier molecular flexibility index (Phi) is 6.06. The molecule has 3 heteroatoms. The van der Waals surface area contributed by atoms with E-state index in [4.69, 9.17) is 9.31 Å². The first kappa shape index (κ1) is 24.1. The van der Waals surface area contributed by atoms with E-state index in [0.717, 1.165) is 24.7 Å². The second-order valence-electron chi connectivity index (χ2n) is 11.0. The normalized spacial score (nSPS) is 25.2. The molecule has 0 N–H and O–H groups in total. The number of allylic oxidation sites excluding steroid dienone is 8. The molecule has 1 saturated heterocycles. The van der Waals surface area contributed by atoms with Crippen LogP contribution in [-0.4, -0.2) is 18.3 Å². The average Bonchev–Trinajstić information content (AvgIpc) is 3.06. The van der Waals surface area contributed by atoms with Gasteiger partial charge in [-0.05, 0) is 94.1 Å². The fraction of sp³-hybridized carbons (Fsp3) is 0.375. The lowest BCUT2D eigenvalue weighted by molar-refractivity contribution is 0.00578. The van der Waals surface area contributed by atoms with E-state index in [1.807, 2.05) is 0 Å². The van der Waals surface area contributed by atoms with E-state index in [9.17, 15) is 0 Å². The maximum Gasteiger partial charge on any atom is 0.494 e. The van der Waals surface area contributed by atoms with Gasteiger partial charge in [-0.3, -0.25) is 0 Å². The maximum atomic E-state index is 6.47. The maximum absolute atomic E-state index is 6.47. The Hall–Kier alpha value is -2.62. The third kappa shape index (κ3) is 3.72. The van der Waals surface area contributed by atoms with Crippen LogP contribution in [0, 0.1) is 0 Å². The Balaban J connectivity index is 1.77. The summed E-state index contributed by atoms with van der Waals surface area (Å²) in [7, 11) is -0.382. The molecule has 2 aromatic rings. The van der Waals surface area contributed by atoms with Crippen LogP contribution < -0.4 is 5.46 Å². The lowest BCUT2D eigenvalue weighted by atomic mass is 9.64. The van der Waals surface area contributed by atoms with Gasteiger partial charge in [-0.15, -0.1) is 0 Å². The van der Waals surface area contributed by atoms with Gasteiger partial charge in [0.2, 0.25) is 0 Å². The molecule has 5 rings (SSSR count). The zero-order valence-corrected chi connectivity index (χ0v) is 22.0. The molecule has 2 aliphatic carbocycles. The molecule has 2 nitrogen and oxygen atoms in total. The largest absolute Gasteiger partial charge is 0.494 e. The number of fused-ring (bicyclic) bond motifs is 1. The fourth-order valence-corrected chi connectivity index (χ4v) is 5.91. The van der Waals surface area contributed by atoms with Gasteiger partial charge >= 0.3 is 7.12 Å². The highest BCUT2D eigenvalue weighted by atomic mass is 16.7. The molecule has 0 saturated carbocycles. The van der Waals surface area contributed by atoms with E-state index in [2.05, 4.69) is 120 Å². The molecule has 1 aliphatic heterocycles.